The van der Waals surface area contributed by atoms with Crippen LogP contribution < -0.4 is 10.1 Å². The van der Waals surface area contributed by atoms with E-state index in [0.29, 0.717) is 30.2 Å². The minimum atomic E-state index is -0.657. The quantitative estimate of drug-likeness (QED) is 0.596. The molecular weight excluding hydrogens is 450 g/mol. The number of piperidine rings is 2. The molecule has 3 fully saturated rings. The lowest BCUT2D eigenvalue weighted by atomic mass is 9.81. The minimum absolute atomic E-state index is 0.0697. The van der Waals surface area contributed by atoms with Crippen molar-refractivity contribution in [1.29, 1.82) is 0 Å². The minimum Gasteiger partial charge on any atom is -0.490 e. The summed E-state index contributed by atoms with van der Waals surface area (Å²) < 4.78 is 6.38. The van der Waals surface area contributed by atoms with Gasteiger partial charge in [-0.25, -0.2) is 0 Å². The number of hydrogen-bond acceptors (Lipinski definition) is 6. The average Bonchev–Trinajstić information content (AvgIpc) is 3.18. The summed E-state index contributed by atoms with van der Waals surface area (Å²) in [5, 5.41) is 11.5. The van der Waals surface area contributed by atoms with E-state index in [1.165, 1.54) is 0 Å². The second-order valence-corrected chi connectivity index (χ2v) is 10.4. The van der Waals surface area contributed by atoms with E-state index in [2.05, 4.69) is 10.2 Å². The Kier molecular flexibility index (Phi) is 6.77. The molecule has 3 amide bonds. The molecule has 1 aromatic rings. The Hall–Kier alpha value is -2.94. The van der Waals surface area contributed by atoms with Crippen LogP contribution in [0.1, 0.15) is 67.3 Å². The van der Waals surface area contributed by atoms with E-state index in [1.54, 1.807) is 11.0 Å². The van der Waals surface area contributed by atoms with E-state index < -0.39 is 17.9 Å². The molecule has 35 heavy (non-hydrogen) atoms. The van der Waals surface area contributed by atoms with Gasteiger partial charge in [0.25, 0.3) is 5.91 Å². The molecule has 0 spiro atoms. The number of carbonyl (C=O) groups is 4. The topological polar surface area (TPSA) is 116 Å². The summed E-state index contributed by atoms with van der Waals surface area (Å²) in [6.07, 6.45) is 6.00. The van der Waals surface area contributed by atoms with Crippen molar-refractivity contribution in [2.75, 3.05) is 19.6 Å². The number of amides is 3. The Balaban J connectivity index is 1.15. The third-order valence-corrected chi connectivity index (χ3v) is 8.08. The number of carboxylic acids is 1. The van der Waals surface area contributed by atoms with Gasteiger partial charge in [-0.05, 0) is 63.0 Å². The van der Waals surface area contributed by atoms with Crippen molar-refractivity contribution >= 4 is 23.7 Å². The lowest BCUT2D eigenvalue weighted by Crippen LogP contribution is -2.52. The van der Waals surface area contributed by atoms with Gasteiger partial charge in [0.2, 0.25) is 11.8 Å². The first-order chi connectivity index (χ1) is 16.9. The van der Waals surface area contributed by atoms with E-state index in [0.717, 1.165) is 63.7 Å². The number of likely N-dealkylation sites (tertiary alicyclic amines) is 1. The number of carboxylic acid groups (broad SMARTS) is 1. The van der Waals surface area contributed by atoms with Crippen LogP contribution in [0.4, 0.5) is 0 Å². The molecule has 4 aliphatic rings. The van der Waals surface area contributed by atoms with Crippen LogP contribution in [-0.2, 0) is 20.9 Å². The van der Waals surface area contributed by atoms with Crippen LogP contribution in [-0.4, -0.2) is 70.4 Å². The van der Waals surface area contributed by atoms with Gasteiger partial charge in [0.1, 0.15) is 17.9 Å². The number of rotatable bonds is 6. The van der Waals surface area contributed by atoms with Crippen LogP contribution in [0.25, 0.3) is 0 Å². The Bertz CT molecular complexity index is 1010. The van der Waals surface area contributed by atoms with E-state index in [1.807, 2.05) is 12.1 Å². The third-order valence-electron chi connectivity index (χ3n) is 8.08. The van der Waals surface area contributed by atoms with Gasteiger partial charge in [0.05, 0.1) is 12.5 Å². The molecule has 2 saturated heterocycles. The number of ether oxygens (including phenoxy) is 1. The van der Waals surface area contributed by atoms with Crippen LogP contribution in [0, 0.1) is 11.8 Å². The second kappa shape index (κ2) is 9.97. The highest BCUT2D eigenvalue weighted by Crippen LogP contribution is 2.35. The van der Waals surface area contributed by atoms with Gasteiger partial charge in [-0.3, -0.25) is 24.5 Å². The smallest absolute Gasteiger partial charge is 0.306 e. The highest BCUT2D eigenvalue weighted by atomic mass is 16.5. The maximum absolute atomic E-state index is 13.0. The first-order valence-corrected chi connectivity index (χ1v) is 12.8. The van der Waals surface area contributed by atoms with Gasteiger partial charge < -0.3 is 19.6 Å². The van der Waals surface area contributed by atoms with Crippen LogP contribution in [0.3, 0.4) is 0 Å². The number of fused-ring (bicyclic) bond motifs is 1. The summed E-state index contributed by atoms with van der Waals surface area (Å²) in [5.74, 6) is -0.438. The lowest BCUT2D eigenvalue weighted by molar-refractivity contribution is -0.143. The van der Waals surface area contributed by atoms with Crippen LogP contribution in [0.2, 0.25) is 0 Å². The molecule has 2 N–H and O–H groups in total. The maximum Gasteiger partial charge on any atom is 0.306 e. The van der Waals surface area contributed by atoms with E-state index in [-0.39, 0.29) is 30.3 Å². The van der Waals surface area contributed by atoms with E-state index >= 15 is 0 Å². The first kappa shape index (κ1) is 23.8. The summed E-state index contributed by atoms with van der Waals surface area (Å²) >= 11 is 0. The normalized spacial score (nSPS) is 28.1. The van der Waals surface area contributed by atoms with Gasteiger partial charge in [0, 0.05) is 37.2 Å². The zero-order valence-corrected chi connectivity index (χ0v) is 19.9. The molecule has 1 aromatic carbocycles. The van der Waals surface area contributed by atoms with Gasteiger partial charge >= 0.3 is 5.97 Å². The summed E-state index contributed by atoms with van der Waals surface area (Å²) in [6, 6.07) is 4.86. The van der Waals surface area contributed by atoms with Gasteiger partial charge in [-0.1, -0.05) is 6.07 Å². The molecule has 3 aliphatic heterocycles. The van der Waals surface area contributed by atoms with Crippen molar-refractivity contribution in [3.8, 4) is 5.75 Å². The molecule has 9 nitrogen and oxygen atoms in total. The lowest BCUT2D eigenvalue weighted by Gasteiger charge is -2.36. The molecule has 0 aromatic heterocycles. The molecule has 0 bridgehead atoms. The first-order valence-electron chi connectivity index (χ1n) is 12.8. The predicted molar refractivity (Wildman–Crippen MR) is 126 cm³/mol. The van der Waals surface area contributed by atoms with Crippen molar-refractivity contribution in [3.05, 3.63) is 29.3 Å². The largest absolute Gasteiger partial charge is 0.490 e. The fraction of sp³-hybridized carbons (Fsp3) is 0.615. The number of aliphatic carboxylic acids is 1. The van der Waals surface area contributed by atoms with Crippen molar-refractivity contribution in [1.82, 2.24) is 15.1 Å². The SMILES string of the molecule is O=C1CCC(N2Cc3c(OC4CCN(CC5CCC(C(=O)O)CC5)CC4)cccc3C2=O)C(=O)N1. The fourth-order valence-corrected chi connectivity index (χ4v) is 6.01. The molecule has 1 aliphatic carbocycles. The molecule has 188 valence electrons. The molecular formula is C26H33N3O6. The zero-order valence-electron chi connectivity index (χ0n) is 19.9. The fourth-order valence-electron chi connectivity index (χ4n) is 6.01. The van der Waals surface area contributed by atoms with Crippen molar-refractivity contribution < 1.29 is 29.0 Å². The molecule has 5 rings (SSSR count). The highest BCUT2D eigenvalue weighted by Gasteiger charge is 2.40. The third kappa shape index (κ3) is 5.05. The van der Waals surface area contributed by atoms with Crippen molar-refractivity contribution in [2.24, 2.45) is 11.8 Å². The van der Waals surface area contributed by atoms with Gasteiger partial charge in [-0.2, -0.15) is 0 Å². The molecule has 0 radical (unpaired) electrons. The van der Waals surface area contributed by atoms with E-state index in [9.17, 15) is 24.3 Å². The Labute approximate surface area is 204 Å². The monoisotopic (exact) mass is 483 g/mol. The molecule has 3 heterocycles. The average molecular weight is 484 g/mol. The number of hydrogen-bond donors (Lipinski definition) is 2. The summed E-state index contributed by atoms with van der Waals surface area (Å²) in [7, 11) is 0. The van der Waals surface area contributed by atoms with E-state index in [4.69, 9.17) is 4.74 Å². The van der Waals surface area contributed by atoms with Crippen molar-refractivity contribution in [2.45, 2.75) is 70.1 Å². The maximum atomic E-state index is 13.0. The predicted octanol–water partition coefficient (Wildman–Crippen LogP) is 2.18. The van der Waals surface area contributed by atoms with Gasteiger partial charge in [0.15, 0.2) is 0 Å². The van der Waals surface area contributed by atoms with Crippen molar-refractivity contribution in [3.63, 3.8) is 0 Å². The number of carbonyl (C=O) groups excluding carboxylic acids is 3. The van der Waals surface area contributed by atoms with Crippen LogP contribution in [0.5, 0.6) is 5.75 Å². The van der Waals surface area contributed by atoms with Crippen LogP contribution in [0.15, 0.2) is 18.2 Å². The van der Waals surface area contributed by atoms with Gasteiger partial charge in [-0.15, -0.1) is 0 Å². The molecule has 1 unspecified atom stereocenters. The number of nitrogens with one attached hydrogen (secondary N) is 1. The standard InChI is InChI=1S/C26H33N3O6/c30-23-9-8-21(24(31)27-23)29-15-20-19(25(29)32)2-1-3-22(20)35-18-10-12-28(13-11-18)14-16-4-6-17(7-5-16)26(33)34/h1-3,16-18,21H,4-15H2,(H,33,34)(H,27,30,31). The Morgan fingerprint density at radius 2 is 1.77 bits per heavy atom. The summed E-state index contributed by atoms with van der Waals surface area (Å²) in [4.78, 5) is 52.0. The second-order valence-electron chi connectivity index (χ2n) is 10.4. The summed E-state index contributed by atoms with van der Waals surface area (Å²) in [6.45, 7) is 3.23. The molecule has 1 saturated carbocycles. The number of imide groups is 1. The Morgan fingerprint density at radius 1 is 1.03 bits per heavy atom. The molecule has 9 heteroatoms. The number of benzene rings is 1. The van der Waals surface area contributed by atoms with Crippen LogP contribution >= 0.6 is 0 Å². The highest BCUT2D eigenvalue weighted by molar-refractivity contribution is 6.05. The number of nitrogens with zero attached hydrogens (tertiary/aromatic N) is 2. The zero-order chi connectivity index (χ0) is 24.5. The molecule has 1 atom stereocenters. The summed E-state index contributed by atoms with van der Waals surface area (Å²) in [5.41, 5.74) is 1.39. The Morgan fingerprint density at radius 3 is 2.46 bits per heavy atom.